The molecule has 0 radical (unpaired) electrons. The lowest BCUT2D eigenvalue weighted by atomic mass is 10.1. The Morgan fingerprint density at radius 1 is 0.974 bits per heavy atom. The number of pyridine rings is 1. The Morgan fingerprint density at radius 2 is 1.74 bits per heavy atom. The Bertz CT molecular complexity index is 1850. The summed E-state index contributed by atoms with van der Waals surface area (Å²) in [5.74, 6) is 1.29. The first kappa shape index (κ1) is 23.5. The normalized spacial score (nSPS) is 11.5. The highest BCUT2D eigenvalue weighted by Gasteiger charge is 2.22. The fourth-order valence-electron chi connectivity index (χ4n) is 4.60. The van der Waals surface area contributed by atoms with E-state index >= 15 is 0 Å². The van der Waals surface area contributed by atoms with Crippen LogP contribution in [0.3, 0.4) is 0 Å². The van der Waals surface area contributed by atoms with Crippen LogP contribution in [0.25, 0.3) is 28.1 Å². The van der Waals surface area contributed by atoms with Crippen molar-refractivity contribution in [1.82, 2.24) is 33.9 Å². The van der Waals surface area contributed by atoms with E-state index in [1.165, 1.54) is 16.7 Å². The van der Waals surface area contributed by atoms with E-state index < -0.39 is 0 Å². The van der Waals surface area contributed by atoms with Gasteiger partial charge in [0.25, 0.3) is 5.56 Å². The predicted molar refractivity (Wildman–Crippen MR) is 144 cm³/mol. The Morgan fingerprint density at radius 3 is 2.45 bits per heavy atom. The van der Waals surface area contributed by atoms with Gasteiger partial charge in [-0.15, -0.1) is 10.2 Å². The lowest BCUT2D eigenvalue weighted by Gasteiger charge is -2.11. The van der Waals surface area contributed by atoms with Crippen LogP contribution in [0.15, 0.2) is 71.5 Å². The van der Waals surface area contributed by atoms with Crippen LogP contribution in [0.2, 0.25) is 0 Å². The highest BCUT2D eigenvalue weighted by molar-refractivity contribution is 5.90. The van der Waals surface area contributed by atoms with Gasteiger partial charge in [-0.25, -0.2) is 13.5 Å². The van der Waals surface area contributed by atoms with E-state index in [2.05, 4.69) is 20.5 Å². The molecule has 0 aliphatic heterocycles. The molecule has 0 atom stereocenters. The largest absolute Gasteiger partial charge is 0.340 e. The SMILES string of the molecule is CCc1nnc2n(C)c(=O)c3c(Nc4ccc(F)cc4)n(Cc4ccc(-c5cccc(C)n5)cc4)nc3n12. The molecular weight excluding hydrogens is 483 g/mol. The summed E-state index contributed by atoms with van der Waals surface area (Å²) in [5.41, 5.74) is 4.72. The summed E-state index contributed by atoms with van der Waals surface area (Å²) in [6, 6.07) is 20.0. The molecule has 6 aromatic rings. The van der Waals surface area contributed by atoms with Gasteiger partial charge in [-0.05, 0) is 48.9 Å². The first-order valence-electron chi connectivity index (χ1n) is 12.3. The van der Waals surface area contributed by atoms with E-state index in [0.717, 1.165) is 22.5 Å². The highest BCUT2D eigenvalue weighted by Crippen LogP contribution is 2.27. The molecule has 0 saturated heterocycles. The lowest BCUT2D eigenvalue weighted by Crippen LogP contribution is -2.20. The fourth-order valence-corrected chi connectivity index (χ4v) is 4.60. The number of halogens is 1. The van der Waals surface area contributed by atoms with Crippen LogP contribution in [0.4, 0.5) is 15.9 Å². The summed E-state index contributed by atoms with van der Waals surface area (Å²) in [7, 11) is 1.67. The second kappa shape index (κ2) is 9.22. The molecule has 4 aromatic heterocycles. The minimum Gasteiger partial charge on any atom is -0.340 e. The van der Waals surface area contributed by atoms with Crippen LogP contribution in [-0.4, -0.2) is 33.9 Å². The molecule has 2 aromatic carbocycles. The number of anilines is 2. The van der Waals surface area contributed by atoms with Gasteiger partial charge in [0.1, 0.15) is 22.8 Å². The van der Waals surface area contributed by atoms with Crippen LogP contribution >= 0.6 is 0 Å². The summed E-state index contributed by atoms with van der Waals surface area (Å²) in [5, 5.41) is 17.1. The minimum absolute atomic E-state index is 0.251. The number of fused-ring (bicyclic) bond motifs is 3. The summed E-state index contributed by atoms with van der Waals surface area (Å²) in [6.45, 7) is 4.34. The van der Waals surface area contributed by atoms with Gasteiger partial charge in [-0.2, -0.15) is 5.10 Å². The van der Waals surface area contributed by atoms with Gasteiger partial charge in [0.2, 0.25) is 5.78 Å². The number of benzene rings is 2. The zero-order valence-corrected chi connectivity index (χ0v) is 21.2. The monoisotopic (exact) mass is 508 g/mol. The number of aryl methyl sites for hydroxylation is 3. The second-order valence-electron chi connectivity index (χ2n) is 9.17. The first-order chi connectivity index (χ1) is 18.4. The summed E-state index contributed by atoms with van der Waals surface area (Å²) in [6.07, 6.45) is 0.622. The summed E-state index contributed by atoms with van der Waals surface area (Å²) >= 11 is 0. The van der Waals surface area contributed by atoms with E-state index in [-0.39, 0.29) is 11.4 Å². The van der Waals surface area contributed by atoms with E-state index in [1.807, 2.05) is 60.7 Å². The summed E-state index contributed by atoms with van der Waals surface area (Å²) in [4.78, 5) is 18.1. The molecule has 6 rings (SSSR count). The van der Waals surface area contributed by atoms with Gasteiger partial charge in [0.15, 0.2) is 5.65 Å². The van der Waals surface area contributed by atoms with Crippen molar-refractivity contribution in [1.29, 1.82) is 0 Å². The number of rotatable bonds is 6. The fraction of sp³-hybridized carbons (Fsp3) is 0.179. The van der Waals surface area contributed by atoms with Crippen molar-refractivity contribution in [3.63, 3.8) is 0 Å². The van der Waals surface area contributed by atoms with Crippen LogP contribution in [0.5, 0.6) is 0 Å². The lowest BCUT2D eigenvalue weighted by molar-refractivity contribution is 0.628. The third kappa shape index (κ3) is 4.00. The Kier molecular flexibility index (Phi) is 5.71. The van der Waals surface area contributed by atoms with Crippen LogP contribution in [-0.2, 0) is 20.0 Å². The smallest absolute Gasteiger partial charge is 0.268 e. The van der Waals surface area contributed by atoms with Gasteiger partial charge in [0.05, 0.1) is 12.2 Å². The molecule has 1 N–H and O–H groups in total. The molecular formula is C28H25FN8O. The van der Waals surface area contributed by atoms with Crippen LogP contribution in [0.1, 0.15) is 24.0 Å². The molecule has 0 aliphatic rings. The molecule has 0 aliphatic carbocycles. The van der Waals surface area contributed by atoms with Crippen molar-refractivity contribution in [2.45, 2.75) is 26.8 Å². The molecule has 0 bridgehead atoms. The maximum absolute atomic E-state index is 13.6. The van der Waals surface area contributed by atoms with Crippen molar-refractivity contribution >= 4 is 28.3 Å². The molecule has 10 heteroatoms. The van der Waals surface area contributed by atoms with Gasteiger partial charge in [-0.1, -0.05) is 37.3 Å². The third-order valence-electron chi connectivity index (χ3n) is 6.57. The molecule has 0 spiro atoms. The Hall–Kier alpha value is -4.86. The van der Waals surface area contributed by atoms with Crippen molar-refractivity contribution in [3.8, 4) is 11.3 Å². The zero-order valence-electron chi connectivity index (χ0n) is 21.2. The molecule has 0 saturated carbocycles. The van der Waals surface area contributed by atoms with Crippen molar-refractivity contribution in [2.75, 3.05) is 5.32 Å². The molecule has 9 nitrogen and oxygen atoms in total. The van der Waals surface area contributed by atoms with E-state index in [0.29, 0.717) is 47.1 Å². The zero-order chi connectivity index (χ0) is 26.4. The van der Waals surface area contributed by atoms with Crippen molar-refractivity contribution in [3.05, 3.63) is 100.0 Å². The number of aromatic nitrogens is 7. The Balaban J connectivity index is 1.49. The molecule has 190 valence electrons. The highest BCUT2D eigenvalue weighted by atomic mass is 19.1. The van der Waals surface area contributed by atoms with E-state index in [1.54, 1.807) is 23.9 Å². The summed E-state index contributed by atoms with van der Waals surface area (Å²) < 4.78 is 18.6. The number of nitrogens with zero attached hydrogens (tertiary/aromatic N) is 7. The van der Waals surface area contributed by atoms with Gasteiger partial charge in [-0.3, -0.25) is 14.3 Å². The Labute approximate surface area is 217 Å². The number of nitrogens with one attached hydrogen (secondary N) is 1. The van der Waals surface area contributed by atoms with Crippen molar-refractivity contribution < 1.29 is 4.39 Å². The average molecular weight is 509 g/mol. The molecule has 4 heterocycles. The average Bonchev–Trinajstić information content (AvgIpc) is 3.51. The molecule has 0 fully saturated rings. The molecule has 38 heavy (non-hydrogen) atoms. The standard InChI is InChI=1S/C28H25FN8O/c1-4-23-32-33-28-35(3)27(38)24-25(31-21-14-12-20(29)13-15-21)36(34-26(24)37(23)28)16-18-8-10-19(11-9-18)22-7-5-6-17(2)30-22/h5-15,31H,4,16H2,1-3H3. The maximum Gasteiger partial charge on any atom is 0.268 e. The third-order valence-corrected chi connectivity index (χ3v) is 6.57. The van der Waals surface area contributed by atoms with Gasteiger partial charge in [0, 0.05) is 30.4 Å². The topological polar surface area (TPSA) is 94.9 Å². The molecule has 0 amide bonds. The minimum atomic E-state index is -0.341. The van der Waals surface area contributed by atoms with E-state index in [4.69, 9.17) is 5.10 Å². The van der Waals surface area contributed by atoms with Gasteiger partial charge < -0.3 is 5.32 Å². The van der Waals surface area contributed by atoms with E-state index in [9.17, 15) is 9.18 Å². The van der Waals surface area contributed by atoms with Crippen LogP contribution in [0, 0.1) is 12.7 Å². The molecule has 0 unspecified atom stereocenters. The van der Waals surface area contributed by atoms with Gasteiger partial charge >= 0.3 is 0 Å². The number of hydrogen-bond donors (Lipinski definition) is 1. The first-order valence-corrected chi connectivity index (χ1v) is 12.3. The van der Waals surface area contributed by atoms with Crippen molar-refractivity contribution in [2.24, 2.45) is 7.05 Å². The number of hydrogen-bond acceptors (Lipinski definition) is 6. The second-order valence-corrected chi connectivity index (χ2v) is 9.17. The van der Waals surface area contributed by atoms with Crippen LogP contribution < -0.4 is 10.9 Å². The maximum atomic E-state index is 13.6. The predicted octanol–water partition coefficient (Wildman–Crippen LogP) is 4.64. The quantitative estimate of drug-likeness (QED) is 0.352.